The lowest BCUT2D eigenvalue weighted by atomic mass is 10.1. The first-order valence-corrected chi connectivity index (χ1v) is 5.85. The van der Waals surface area contributed by atoms with Crippen LogP contribution in [0.3, 0.4) is 0 Å². The van der Waals surface area contributed by atoms with Gasteiger partial charge >= 0.3 is 5.97 Å². The minimum absolute atomic E-state index is 0.103. The van der Waals surface area contributed by atoms with E-state index in [1.165, 1.54) is 0 Å². The van der Waals surface area contributed by atoms with Gasteiger partial charge in [-0.2, -0.15) is 0 Å². The van der Waals surface area contributed by atoms with E-state index in [0.29, 0.717) is 25.9 Å². The normalized spacial score (nSPS) is 18.1. The van der Waals surface area contributed by atoms with Gasteiger partial charge in [0.2, 0.25) is 5.91 Å². The third-order valence-corrected chi connectivity index (χ3v) is 2.85. The summed E-state index contributed by atoms with van der Waals surface area (Å²) in [6.07, 6.45) is 6.49. The van der Waals surface area contributed by atoms with Crippen LogP contribution in [0.2, 0.25) is 0 Å². The van der Waals surface area contributed by atoms with Crippen molar-refractivity contribution < 1.29 is 19.4 Å². The van der Waals surface area contributed by atoms with Crippen LogP contribution < -0.4 is 5.73 Å². The van der Waals surface area contributed by atoms with E-state index in [4.69, 9.17) is 22.0 Å². The van der Waals surface area contributed by atoms with E-state index in [9.17, 15) is 9.59 Å². The minimum Gasteiger partial charge on any atom is -0.480 e. The fraction of sp³-hybridized carbons (Fsp3) is 0.667. The van der Waals surface area contributed by atoms with Crippen molar-refractivity contribution in [3.8, 4) is 12.3 Å². The number of carboxylic acids is 1. The molecule has 3 N–H and O–H groups in total. The van der Waals surface area contributed by atoms with Crippen LogP contribution in [-0.2, 0) is 14.3 Å². The van der Waals surface area contributed by atoms with E-state index in [0.717, 1.165) is 0 Å². The molecule has 1 heterocycles. The van der Waals surface area contributed by atoms with Crippen molar-refractivity contribution in [1.29, 1.82) is 0 Å². The summed E-state index contributed by atoms with van der Waals surface area (Å²) in [7, 11) is 0. The Hall–Kier alpha value is -1.58. The van der Waals surface area contributed by atoms with Crippen molar-refractivity contribution in [2.24, 2.45) is 5.73 Å². The molecule has 100 valence electrons. The van der Waals surface area contributed by atoms with E-state index < -0.39 is 12.0 Å². The number of hydrogen-bond acceptors (Lipinski definition) is 4. The Balaban J connectivity index is 2.33. The minimum atomic E-state index is -0.982. The van der Waals surface area contributed by atoms with Crippen molar-refractivity contribution in [3.05, 3.63) is 0 Å². The molecule has 1 aliphatic heterocycles. The maximum absolute atomic E-state index is 11.8. The van der Waals surface area contributed by atoms with Crippen LogP contribution in [0.5, 0.6) is 0 Å². The number of terminal acetylenes is 1. The molecule has 6 nitrogen and oxygen atoms in total. The number of piperidine rings is 1. The molecule has 1 rings (SSSR count). The lowest BCUT2D eigenvalue weighted by molar-refractivity contribution is -0.147. The number of carbonyl (C=O) groups is 2. The quantitative estimate of drug-likeness (QED) is 0.641. The first-order chi connectivity index (χ1) is 8.54. The second kappa shape index (κ2) is 6.99. The molecule has 1 atom stereocenters. The SMILES string of the molecule is C#CCC(N)C(=O)N1CCC(OCC(=O)O)CC1. The number of carbonyl (C=O) groups excluding carboxylic acids is 1. The number of nitrogens with zero attached hydrogens (tertiary/aromatic N) is 1. The van der Waals surface area contributed by atoms with E-state index in [1.54, 1.807) is 4.90 Å². The molecule has 0 saturated carbocycles. The van der Waals surface area contributed by atoms with Crippen LogP contribution in [0.1, 0.15) is 19.3 Å². The van der Waals surface area contributed by atoms with Crippen molar-refractivity contribution in [3.63, 3.8) is 0 Å². The highest BCUT2D eigenvalue weighted by Crippen LogP contribution is 2.14. The molecule has 18 heavy (non-hydrogen) atoms. The third-order valence-electron chi connectivity index (χ3n) is 2.85. The molecule has 1 aliphatic rings. The summed E-state index contributed by atoms with van der Waals surface area (Å²) in [4.78, 5) is 23.8. The third kappa shape index (κ3) is 4.35. The molecule has 1 saturated heterocycles. The summed E-state index contributed by atoms with van der Waals surface area (Å²) in [6, 6.07) is -0.647. The van der Waals surface area contributed by atoms with E-state index in [2.05, 4.69) is 5.92 Å². The molecule has 0 spiro atoms. The Morgan fingerprint density at radius 3 is 2.61 bits per heavy atom. The number of likely N-dealkylation sites (tertiary alicyclic amines) is 1. The summed E-state index contributed by atoms with van der Waals surface area (Å²) in [5.74, 6) is 1.24. The van der Waals surface area contributed by atoms with Gasteiger partial charge in [-0.15, -0.1) is 12.3 Å². The molecule has 0 bridgehead atoms. The zero-order valence-electron chi connectivity index (χ0n) is 10.2. The largest absolute Gasteiger partial charge is 0.480 e. The molecule has 1 amide bonds. The maximum Gasteiger partial charge on any atom is 0.329 e. The predicted octanol–water partition coefficient (Wildman–Crippen LogP) is -0.571. The summed E-state index contributed by atoms with van der Waals surface area (Å²) < 4.78 is 5.18. The highest BCUT2D eigenvalue weighted by Gasteiger charge is 2.26. The first-order valence-electron chi connectivity index (χ1n) is 5.85. The van der Waals surface area contributed by atoms with Crippen LogP contribution in [0.15, 0.2) is 0 Å². The Labute approximate surface area is 106 Å². The van der Waals surface area contributed by atoms with Gasteiger partial charge < -0.3 is 20.5 Å². The number of hydrogen-bond donors (Lipinski definition) is 2. The average Bonchev–Trinajstić information content (AvgIpc) is 2.36. The fourth-order valence-corrected chi connectivity index (χ4v) is 1.88. The van der Waals surface area contributed by atoms with Crippen LogP contribution in [-0.4, -0.2) is 53.7 Å². The smallest absolute Gasteiger partial charge is 0.329 e. The maximum atomic E-state index is 11.8. The monoisotopic (exact) mass is 254 g/mol. The van der Waals surface area contributed by atoms with Crippen molar-refractivity contribution >= 4 is 11.9 Å². The van der Waals surface area contributed by atoms with Gasteiger partial charge in [0.15, 0.2) is 0 Å². The first kappa shape index (κ1) is 14.5. The Kier molecular flexibility index (Phi) is 5.62. The molecular formula is C12H18N2O4. The molecule has 1 unspecified atom stereocenters. The number of ether oxygens (including phenoxy) is 1. The standard InChI is InChI=1S/C12H18N2O4/c1-2-3-10(13)12(17)14-6-4-9(5-7-14)18-8-11(15)16/h1,9-10H,3-8,13H2,(H,15,16). The molecule has 0 aromatic heterocycles. The molecule has 0 aliphatic carbocycles. The lowest BCUT2D eigenvalue weighted by Crippen LogP contribution is -2.48. The zero-order valence-corrected chi connectivity index (χ0v) is 10.2. The summed E-state index contributed by atoms with van der Waals surface area (Å²) >= 11 is 0. The van der Waals surface area contributed by atoms with Gasteiger partial charge in [-0.25, -0.2) is 4.79 Å². The van der Waals surface area contributed by atoms with Gasteiger partial charge in [0.1, 0.15) is 6.61 Å². The van der Waals surface area contributed by atoms with Crippen LogP contribution in [0, 0.1) is 12.3 Å². The number of amides is 1. The number of rotatable bonds is 5. The molecule has 0 aromatic rings. The van der Waals surface area contributed by atoms with Crippen LogP contribution in [0.4, 0.5) is 0 Å². The van der Waals surface area contributed by atoms with Gasteiger partial charge in [-0.05, 0) is 12.8 Å². The lowest BCUT2D eigenvalue weighted by Gasteiger charge is -2.32. The van der Waals surface area contributed by atoms with Crippen molar-refractivity contribution in [1.82, 2.24) is 4.90 Å². The summed E-state index contributed by atoms with van der Waals surface area (Å²) in [5, 5.41) is 8.49. The van der Waals surface area contributed by atoms with Crippen molar-refractivity contribution in [2.75, 3.05) is 19.7 Å². The van der Waals surface area contributed by atoms with Gasteiger partial charge in [0.05, 0.1) is 12.1 Å². The zero-order chi connectivity index (χ0) is 13.5. The van der Waals surface area contributed by atoms with E-state index in [-0.39, 0.29) is 25.0 Å². The van der Waals surface area contributed by atoms with Crippen molar-refractivity contribution in [2.45, 2.75) is 31.4 Å². The van der Waals surface area contributed by atoms with E-state index in [1.807, 2.05) is 0 Å². The summed E-state index contributed by atoms with van der Waals surface area (Å²) in [6.45, 7) is 0.762. The van der Waals surface area contributed by atoms with Crippen LogP contribution >= 0.6 is 0 Å². The van der Waals surface area contributed by atoms with Gasteiger partial charge in [0, 0.05) is 19.5 Å². The Bertz CT molecular complexity index is 342. The molecule has 6 heteroatoms. The molecule has 0 radical (unpaired) electrons. The molecular weight excluding hydrogens is 236 g/mol. The topological polar surface area (TPSA) is 92.9 Å². The van der Waals surface area contributed by atoms with Gasteiger partial charge in [-0.3, -0.25) is 4.79 Å². The number of carboxylic acid groups (broad SMARTS) is 1. The molecule has 0 aromatic carbocycles. The number of nitrogens with two attached hydrogens (primary N) is 1. The Morgan fingerprint density at radius 1 is 1.50 bits per heavy atom. The fourth-order valence-electron chi connectivity index (χ4n) is 1.88. The second-order valence-electron chi connectivity index (χ2n) is 4.24. The number of aliphatic carboxylic acids is 1. The average molecular weight is 254 g/mol. The highest BCUT2D eigenvalue weighted by molar-refractivity contribution is 5.82. The second-order valence-corrected chi connectivity index (χ2v) is 4.24. The summed E-state index contributed by atoms with van der Waals surface area (Å²) in [5.41, 5.74) is 5.65. The van der Waals surface area contributed by atoms with Gasteiger partial charge in [-0.1, -0.05) is 0 Å². The highest BCUT2D eigenvalue weighted by atomic mass is 16.5. The predicted molar refractivity (Wildman–Crippen MR) is 64.6 cm³/mol. The van der Waals surface area contributed by atoms with Gasteiger partial charge in [0.25, 0.3) is 0 Å². The Morgan fingerprint density at radius 2 is 2.11 bits per heavy atom. The molecule has 1 fully saturated rings. The van der Waals surface area contributed by atoms with Crippen LogP contribution in [0.25, 0.3) is 0 Å². The van der Waals surface area contributed by atoms with E-state index >= 15 is 0 Å².